The summed E-state index contributed by atoms with van der Waals surface area (Å²) in [5.41, 5.74) is 2.54. The summed E-state index contributed by atoms with van der Waals surface area (Å²) in [4.78, 5) is 16.8. The maximum atomic E-state index is 13.0. The van der Waals surface area contributed by atoms with Crippen molar-refractivity contribution in [1.82, 2.24) is 4.98 Å². The van der Waals surface area contributed by atoms with Crippen LogP contribution in [0.5, 0.6) is 5.75 Å². The van der Waals surface area contributed by atoms with Gasteiger partial charge in [0, 0.05) is 10.9 Å². The molecule has 1 aliphatic heterocycles. The molecule has 1 atom stereocenters. The van der Waals surface area contributed by atoms with Gasteiger partial charge >= 0.3 is 5.97 Å². The predicted octanol–water partition coefficient (Wildman–Crippen LogP) is 4.24. The molecule has 0 N–H and O–H groups in total. The second kappa shape index (κ2) is 7.25. The number of benzene rings is 2. The number of fused-ring (bicyclic) bond motifs is 1. The highest BCUT2D eigenvalue weighted by Gasteiger charge is 2.27. The number of thiazole rings is 1. The third-order valence-electron chi connectivity index (χ3n) is 4.22. The van der Waals surface area contributed by atoms with Gasteiger partial charge in [0.1, 0.15) is 29.8 Å². The molecule has 4 nitrogen and oxygen atoms in total. The smallest absolute Gasteiger partial charge is 0.313 e. The summed E-state index contributed by atoms with van der Waals surface area (Å²) in [7, 11) is 0. The molecule has 2 heterocycles. The zero-order valence-electron chi connectivity index (χ0n) is 13.9. The Bertz CT molecular complexity index is 923. The molecule has 0 radical (unpaired) electrons. The fourth-order valence-electron chi connectivity index (χ4n) is 2.84. The average Bonchev–Trinajstić information content (AvgIpc) is 3.15. The van der Waals surface area contributed by atoms with E-state index in [0.717, 1.165) is 21.9 Å². The number of hydrogen-bond acceptors (Lipinski definition) is 5. The number of nitrogens with zero attached hydrogens (tertiary/aromatic N) is 1. The highest BCUT2D eigenvalue weighted by molar-refractivity contribution is 7.13. The summed E-state index contributed by atoms with van der Waals surface area (Å²) in [6.45, 7) is 0.447. The topological polar surface area (TPSA) is 48.4 Å². The molecule has 0 saturated carbocycles. The first-order chi connectivity index (χ1) is 12.7. The Kier molecular flexibility index (Phi) is 4.67. The minimum Gasteiger partial charge on any atom is -0.492 e. The molecule has 0 aliphatic carbocycles. The van der Waals surface area contributed by atoms with E-state index in [1.807, 2.05) is 29.6 Å². The number of carbonyl (C=O) groups excluding carboxylic acids is 1. The van der Waals surface area contributed by atoms with E-state index in [1.54, 1.807) is 12.1 Å². The van der Waals surface area contributed by atoms with Crippen LogP contribution in [0.15, 0.2) is 53.9 Å². The molecular formula is C20H16FNO3S. The number of esters is 1. The molecule has 1 unspecified atom stereocenters. The number of halogens is 1. The van der Waals surface area contributed by atoms with E-state index in [4.69, 9.17) is 9.47 Å². The highest BCUT2D eigenvalue weighted by Crippen LogP contribution is 2.28. The van der Waals surface area contributed by atoms with Crippen LogP contribution in [0.25, 0.3) is 10.6 Å². The summed E-state index contributed by atoms with van der Waals surface area (Å²) >= 11 is 1.44. The van der Waals surface area contributed by atoms with Crippen LogP contribution in [0.1, 0.15) is 11.3 Å². The fourth-order valence-corrected chi connectivity index (χ4v) is 3.65. The number of ether oxygens (including phenoxy) is 2. The minimum atomic E-state index is -0.305. The normalized spacial score (nSPS) is 15.8. The molecule has 0 saturated heterocycles. The van der Waals surface area contributed by atoms with Gasteiger partial charge in [0.25, 0.3) is 0 Å². The molecule has 1 aliphatic rings. The SMILES string of the molecule is O=C(OCc1csc(-c2ccc(F)cc2)n1)C1COc2ccccc2C1. The van der Waals surface area contributed by atoms with Gasteiger partial charge < -0.3 is 9.47 Å². The molecule has 0 spiro atoms. The molecule has 0 fully saturated rings. The summed E-state index contributed by atoms with van der Waals surface area (Å²) in [6.07, 6.45) is 0.618. The van der Waals surface area contributed by atoms with Gasteiger partial charge in [-0.1, -0.05) is 18.2 Å². The van der Waals surface area contributed by atoms with E-state index in [9.17, 15) is 9.18 Å². The van der Waals surface area contributed by atoms with Crippen molar-refractivity contribution in [2.45, 2.75) is 13.0 Å². The van der Waals surface area contributed by atoms with Crippen LogP contribution in [0.2, 0.25) is 0 Å². The van der Waals surface area contributed by atoms with Crippen LogP contribution >= 0.6 is 11.3 Å². The van der Waals surface area contributed by atoms with Crippen molar-refractivity contribution in [2.75, 3.05) is 6.61 Å². The molecule has 0 amide bonds. The number of rotatable bonds is 4. The zero-order valence-corrected chi connectivity index (χ0v) is 14.7. The number of para-hydroxylation sites is 1. The summed E-state index contributed by atoms with van der Waals surface area (Å²) in [5.74, 6) is -0.0355. The fraction of sp³-hybridized carbons (Fsp3) is 0.200. The van der Waals surface area contributed by atoms with E-state index >= 15 is 0 Å². The Morgan fingerprint density at radius 2 is 2.04 bits per heavy atom. The van der Waals surface area contributed by atoms with Crippen molar-refractivity contribution < 1.29 is 18.7 Å². The molecule has 1 aromatic heterocycles. The van der Waals surface area contributed by atoms with Gasteiger partial charge in [0.05, 0.1) is 11.6 Å². The van der Waals surface area contributed by atoms with Crippen molar-refractivity contribution in [3.63, 3.8) is 0 Å². The Morgan fingerprint density at radius 1 is 1.23 bits per heavy atom. The lowest BCUT2D eigenvalue weighted by molar-refractivity contribution is -0.151. The maximum Gasteiger partial charge on any atom is 0.313 e. The Balaban J connectivity index is 1.36. The van der Waals surface area contributed by atoms with Crippen molar-refractivity contribution in [1.29, 1.82) is 0 Å². The van der Waals surface area contributed by atoms with Gasteiger partial charge in [-0.25, -0.2) is 9.37 Å². The van der Waals surface area contributed by atoms with Crippen molar-refractivity contribution in [3.8, 4) is 16.3 Å². The van der Waals surface area contributed by atoms with Crippen LogP contribution < -0.4 is 4.74 Å². The van der Waals surface area contributed by atoms with E-state index in [-0.39, 0.29) is 24.3 Å². The Labute approximate surface area is 154 Å². The molecule has 2 aromatic carbocycles. The zero-order chi connectivity index (χ0) is 17.9. The highest BCUT2D eigenvalue weighted by atomic mass is 32.1. The molecule has 6 heteroatoms. The second-order valence-electron chi connectivity index (χ2n) is 6.08. The molecule has 26 heavy (non-hydrogen) atoms. The summed E-state index contributed by atoms with van der Waals surface area (Å²) < 4.78 is 24.1. The van der Waals surface area contributed by atoms with E-state index in [0.29, 0.717) is 18.7 Å². The van der Waals surface area contributed by atoms with Gasteiger partial charge in [-0.3, -0.25) is 4.79 Å². The van der Waals surface area contributed by atoms with E-state index < -0.39 is 0 Å². The molecule has 132 valence electrons. The first-order valence-corrected chi connectivity index (χ1v) is 9.15. The van der Waals surface area contributed by atoms with Gasteiger partial charge in [-0.15, -0.1) is 11.3 Å². The first-order valence-electron chi connectivity index (χ1n) is 8.27. The maximum absolute atomic E-state index is 13.0. The molecule has 3 aromatic rings. The standard InChI is InChI=1S/C20H16FNO3S/c21-16-7-5-13(6-8-16)19-22-17(12-26-19)11-25-20(23)15-9-14-3-1-2-4-18(14)24-10-15/h1-8,12,15H,9-11H2. The number of carbonyl (C=O) groups is 1. The van der Waals surface area contributed by atoms with Crippen LogP contribution in [-0.4, -0.2) is 17.6 Å². The van der Waals surface area contributed by atoms with Crippen LogP contribution in [-0.2, 0) is 22.6 Å². The van der Waals surface area contributed by atoms with Crippen molar-refractivity contribution >= 4 is 17.3 Å². The molecular weight excluding hydrogens is 353 g/mol. The van der Waals surface area contributed by atoms with Crippen molar-refractivity contribution in [3.05, 3.63) is 71.0 Å². The summed E-state index contributed by atoms with van der Waals surface area (Å²) in [6, 6.07) is 13.9. The largest absolute Gasteiger partial charge is 0.492 e. The monoisotopic (exact) mass is 369 g/mol. The van der Waals surface area contributed by atoms with Gasteiger partial charge in [0.15, 0.2) is 0 Å². The van der Waals surface area contributed by atoms with Gasteiger partial charge in [0.2, 0.25) is 0 Å². The van der Waals surface area contributed by atoms with Crippen LogP contribution in [0, 0.1) is 11.7 Å². The third-order valence-corrected chi connectivity index (χ3v) is 5.16. The number of hydrogen-bond donors (Lipinski definition) is 0. The quantitative estimate of drug-likeness (QED) is 0.646. The Morgan fingerprint density at radius 3 is 2.88 bits per heavy atom. The Hall–Kier alpha value is -2.73. The van der Waals surface area contributed by atoms with Crippen LogP contribution in [0.3, 0.4) is 0 Å². The third kappa shape index (κ3) is 3.60. The van der Waals surface area contributed by atoms with Crippen molar-refractivity contribution in [2.24, 2.45) is 5.92 Å². The van der Waals surface area contributed by atoms with Gasteiger partial charge in [-0.2, -0.15) is 0 Å². The minimum absolute atomic E-state index is 0.120. The van der Waals surface area contributed by atoms with E-state index in [1.165, 1.54) is 23.5 Å². The number of aromatic nitrogens is 1. The van der Waals surface area contributed by atoms with Crippen LogP contribution in [0.4, 0.5) is 4.39 Å². The first kappa shape index (κ1) is 16.7. The average molecular weight is 369 g/mol. The second-order valence-corrected chi connectivity index (χ2v) is 6.94. The lowest BCUT2D eigenvalue weighted by atomic mass is 9.97. The molecule has 4 rings (SSSR count). The lowest BCUT2D eigenvalue weighted by Crippen LogP contribution is -2.29. The lowest BCUT2D eigenvalue weighted by Gasteiger charge is -2.23. The van der Waals surface area contributed by atoms with Gasteiger partial charge in [-0.05, 0) is 42.3 Å². The molecule has 0 bridgehead atoms. The van der Waals surface area contributed by atoms with E-state index in [2.05, 4.69) is 4.98 Å². The predicted molar refractivity (Wildman–Crippen MR) is 96.4 cm³/mol. The summed E-state index contributed by atoms with van der Waals surface area (Å²) in [5, 5.41) is 2.62.